The topological polar surface area (TPSA) is 61.3 Å². The number of fused-ring (bicyclic) bond motifs is 1. The number of carbonyl (C=O) groups is 1. The molecular weight excluding hydrogens is 323 g/mol. The van der Waals surface area contributed by atoms with Crippen molar-refractivity contribution in [1.82, 2.24) is 9.97 Å². The first-order valence-corrected chi connectivity index (χ1v) is 7.83. The summed E-state index contributed by atoms with van der Waals surface area (Å²) >= 11 is 0. The summed E-state index contributed by atoms with van der Waals surface area (Å²) < 4.78 is 23.4. The highest BCUT2D eigenvalue weighted by Gasteiger charge is 2.10. The van der Waals surface area contributed by atoms with Crippen LogP contribution < -0.4 is 4.74 Å². The van der Waals surface area contributed by atoms with Crippen LogP contribution in [0.1, 0.15) is 21.7 Å². The quantitative estimate of drug-likeness (QED) is 0.524. The summed E-state index contributed by atoms with van der Waals surface area (Å²) in [6.45, 7) is 4.04. The average Bonchev–Trinajstić information content (AvgIpc) is 2.60. The number of rotatable bonds is 5. The number of ether oxygens (including phenoxy) is 2. The van der Waals surface area contributed by atoms with E-state index in [0.29, 0.717) is 16.8 Å². The van der Waals surface area contributed by atoms with Gasteiger partial charge in [-0.05, 0) is 56.3 Å². The summed E-state index contributed by atoms with van der Waals surface area (Å²) in [7, 11) is 0. The molecule has 0 aliphatic heterocycles. The van der Waals surface area contributed by atoms with E-state index in [0.717, 1.165) is 16.9 Å². The maximum absolute atomic E-state index is 12.8. The highest BCUT2D eigenvalue weighted by atomic mass is 19.1. The molecule has 3 aromatic rings. The molecule has 6 heteroatoms. The van der Waals surface area contributed by atoms with Crippen molar-refractivity contribution >= 4 is 17.0 Å². The molecule has 0 spiro atoms. The van der Waals surface area contributed by atoms with Gasteiger partial charge in [0.1, 0.15) is 24.8 Å². The molecular formula is C19H17FN2O3. The van der Waals surface area contributed by atoms with Gasteiger partial charge in [0.2, 0.25) is 0 Å². The van der Waals surface area contributed by atoms with Gasteiger partial charge in [-0.15, -0.1) is 0 Å². The van der Waals surface area contributed by atoms with Crippen molar-refractivity contribution in [2.45, 2.75) is 13.8 Å². The number of esters is 1. The van der Waals surface area contributed by atoms with Gasteiger partial charge >= 0.3 is 5.97 Å². The maximum atomic E-state index is 12.8. The second-order valence-electron chi connectivity index (χ2n) is 5.54. The number of aryl methyl sites for hydroxylation is 2. The molecule has 25 heavy (non-hydrogen) atoms. The molecule has 5 nitrogen and oxygen atoms in total. The number of hydrogen-bond donors (Lipinski definition) is 0. The lowest BCUT2D eigenvalue weighted by Crippen LogP contribution is -2.12. The number of aromatic nitrogens is 2. The lowest BCUT2D eigenvalue weighted by atomic mass is 10.2. The molecule has 0 N–H and O–H groups in total. The van der Waals surface area contributed by atoms with Crippen molar-refractivity contribution in [3.8, 4) is 5.75 Å². The maximum Gasteiger partial charge on any atom is 0.338 e. The Labute approximate surface area is 144 Å². The average molecular weight is 340 g/mol. The fraction of sp³-hybridized carbons (Fsp3) is 0.211. The Kier molecular flexibility index (Phi) is 4.88. The van der Waals surface area contributed by atoms with Gasteiger partial charge in [-0.25, -0.2) is 19.2 Å². The van der Waals surface area contributed by atoms with E-state index in [1.807, 2.05) is 13.8 Å². The van der Waals surface area contributed by atoms with Gasteiger partial charge in [0, 0.05) is 0 Å². The summed E-state index contributed by atoms with van der Waals surface area (Å²) in [5, 5.41) is 0. The lowest BCUT2D eigenvalue weighted by molar-refractivity contribution is 0.0450. The fourth-order valence-corrected chi connectivity index (χ4v) is 2.27. The van der Waals surface area contributed by atoms with Crippen LogP contribution >= 0.6 is 0 Å². The zero-order chi connectivity index (χ0) is 17.8. The summed E-state index contributed by atoms with van der Waals surface area (Å²) in [4.78, 5) is 21.0. The minimum atomic E-state index is -0.454. The molecule has 0 atom stereocenters. The largest absolute Gasteiger partial charge is 0.490 e. The summed E-state index contributed by atoms with van der Waals surface area (Å²) in [5.74, 6) is -0.266. The predicted molar refractivity (Wildman–Crippen MR) is 91.2 cm³/mol. The third-order valence-corrected chi connectivity index (χ3v) is 3.71. The highest BCUT2D eigenvalue weighted by Crippen LogP contribution is 2.15. The van der Waals surface area contributed by atoms with Crippen molar-refractivity contribution in [3.63, 3.8) is 0 Å². The first-order valence-electron chi connectivity index (χ1n) is 7.83. The van der Waals surface area contributed by atoms with Crippen LogP contribution in [-0.2, 0) is 4.74 Å². The molecule has 128 valence electrons. The van der Waals surface area contributed by atoms with Gasteiger partial charge in [-0.1, -0.05) is 0 Å². The Bertz CT molecular complexity index is 910. The van der Waals surface area contributed by atoms with Crippen LogP contribution in [0, 0.1) is 19.7 Å². The van der Waals surface area contributed by atoms with Crippen LogP contribution in [0.25, 0.3) is 11.0 Å². The second-order valence-corrected chi connectivity index (χ2v) is 5.54. The van der Waals surface area contributed by atoms with Crippen molar-refractivity contribution in [1.29, 1.82) is 0 Å². The van der Waals surface area contributed by atoms with Crippen molar-refractivity contribution < 1.29 is 18.7 Å². The van der Waals surface area contributed by atoms with E-state index >= 15 is 0 Å². The standard InChI is InChI=1S/C19H17FN2O3/c1-12-13(2)22-18-11-14(3-8-17(18)21-12)19(23)25-10-9-24-16-6-4-15(20)5-7-16/h3-8,11H,9-10H2,1-2H3. The fourth-order valence-electron chi connectivity index (χ4n) is 2.27. The number of carbonyl (C=O) groups excluding carboxylic acids is 1. The molecule has 0 bridgehead atoms. The zero-order valence-electron chi connectivity index (χ0n) is 14.0. The normalized spacial score (nSPS) is 10.7. The number of hydrogen-bond acceptors (Lipinski definition) is 5. The molecule has 0 saturated carbocycles. The van der Waals surface area contributed by atoms with E-state index in [1.54, 1.807) is 18.2 Å². The molecule has 0 amide bonds. The molecule has 1 heterocycles. The monoisotopic (exact) mass is 340 g/mol. The summed E-state index contributed by atoms with van der Waals surface area (Å²) in [6.07, 6.45) is 0. The van der Waals surface area contributed by atoms with Crippen LogP contribution in [-0.4, -0.2) is 29.2 Å². The third kappa shape index (κ3) is 4.09. The molecule has 1 aromatic heterocycles. The number of benzene rings is 2. The van der Waals surface area contributed by atoms with Crippen LogP contribution in [0.2, 0.25) is 0 Å². The zero-order valence-corrected chi connectivity index (χ0v) is 14.0. The predicted octanol–water partition coefficient (Wildman–Crippen LogP) is 3.62. The SMILES string of the molecule is Cc1nc2ccc(C(=O)OCCOc3ccc(F)cc3)cc2nc1C. The van der Waals surface area contributed by atoms with Gasteiger partial charge in [-0.2, -0.15) is 0 Å². The molecule has 0 aliphatic carbocycles. The third-order valence-electron chi connectivity index (χ3n) is 3.71. The molecule has 2 aromatic carbocycles. The van der Waals surface area contributed by atoms with Crippen LogP contribution in [0.4, 0.5) is 4.39 Å². The molecule has 0 radical (unpaired) electrons. The molecule has 3 rings (SSSR count). The van der Waals surface area contributed by atoms with Crippen molar-refractivity contribution in [2.24, 2.45) is 0 Å². The summed E-state index contributed by atoms with van der Waals surface area (Å²) in [6, 6.07) is 10.7. The van der Waals surface area contributed by atoms with E-state index in [4.69, 9.17) is 9.47 Å². The smallest absolute Gasteiger partial charge is 0.338 e. The van der Waals surface area contributed by atoms with E-state index in [-0.39, 0.29) is 19.0 Å². The number of halogens is 1. The van der Waals surface area contributed by atoms with Crippen LogP contribution in [0.5, 0.6) is 5.75 Å². The summed E-state index contributed by atoms with van der Waals surface area (Å²) in [5.41, 5.74) is 3.48. The first kappa shape index (κ1) is 16.8. The first-order chi connectivity index (χ1) is 12.0. The molecule has 0 fully saturated rings. The van der Waals surface area contributed by atoms with Gasteiger partial charge in [0.25, 0.3) is 0 Å². The Hall–Kier alpha value is -3.02. The minimum Gasteiger partial charge on any atom is -0.490 e. The Morgan fingerprint density at radius 3 is 2.36 bits per heavy atom. The number of nitrogens with zero attached hydrogens (tertiary/aromatic N) is 2. The minimum absolute atomic E-state index is 0.0901. The lowest BCUT2D eigenvalue weighted by Gasteiger charge is -2.08. The van der Waals surface area contributed by atoms with Crippen molar-refractivity contribution in [3.05, 3.63) is 65.2 Å². The Morgan fingerprint density at radius 2 is 1.64 bits per heavy atom. The van der Waals surface area contributed by atoms with Crippen molar-refractivity contribution in [2.75, 3.05) is 13.2 Å². The Morgan fingerprint density at radius 1 is 0.960 bits per heavy atom. The van der Waals surface area contributed by atoms with Gasteiger partial charge < -0.3 is 9.47 Å². The van der Waals surface area contributed by atoms with Gasteiger partial charge in [-0.3, -0.25) is 0 Å². The second kappa shape index (κ2) is 7.25. The van der Waals surface area contributed by atoms with E-state index < -0.39 is 5.97 Å². The molecule has 0 saturated heterocycles. The van der Waals surface area contributed by atoms with E-state index in [2.05, 4.69) is 9.97 Å². The van der Waals surface area contributed by atoms with Gasteiger partial charge in [0.15, 0.2) is 0 Å². The molecule has 0 aliphatic rings. The van der Waals surface area contributed by atoms with E-state index in [1.165, 1.54) is 24.3 Å². The Balaban J connectivity index is 1.58. The molecule has 0 unspecified atom stereocenters. The van der Waals surface area contributed by atoms with E-state index in [9.17, 15) is 9.18 Å². The van der Waals surface area contributed by atoms with Gasteiger partial charge in [0.05, 0.1) is 28.0 Å². The highest BCUT2D eigenvalue weighted by molar-refractivity contribution is 5.93. The van der Waals surface area contributed by atoms with Crippen LogP contribution in [0.15, 0.2) is 42.5 Å². The van der Waals surface area contributed by atoms with Crippen LogP contribution in [0.3, 0.4) is 0 Å².